The Labute approximate surface area is 169 Å². The van der Waals surface area contributed by atoms with Gasteiger partial charge in [-0.25, -0.2) is 0 Å². The van der Waals surface area contributed by atoms with Crippen molar-refractivity contribution >= 4 is 23.4 Å². The Morgan fingerprint density at radius 2 is 1.86 bits per heavy atom. The molecule has 2 aromatic rings. The van der Waals surface area contributed by atoms with Gasteiger partial charge in [-0.3, -0.25) is 9.59 Å². The average molecular weight is 403 g/mol. The molecule has 0 fully saturated rings. The molecule has 7 heteroatoms. The maximum Gasteiger partial charge on any atom is 0.242 e. The highest BCUT2D eigenvalue weighted by atomic mass is 35.5. The Kier molecular flexibility index (Phi) is 6.76. The van der Waals surface area contributed by atoms with Crippen LogP contribution in [-0.2, 0) is 22.6 Å². The average Bonchev–Trinajstić information content (AvgIpc) is 2.92. The smallest absolute Gasteiger partial charge is 0.242 e. The Morgan fingerprint density at radius 1 is 1.11 bits per heavy atom. The highest BCUT2D eigenvalue weighted by Gasteiger charge is 2.19. The molecule has 3 rings (SSSR count). The zero-order valence-electron chi connectivity index (χ0n) is 15.7. The number of benzene rings is 2. The van der Waals surface area contributed by atoms with Crippen LogP contribution in [0.2, 0.25) is 5.02 Å². The number of carbonyl (C=O) groups excluding carboxylic acids is 2. The van der Waals surface area contributed by atoms with Crippen LogP contribution >= 0.6 is 11.6 Å². The van der Waals surface area contributed by atoms with Crippen molar-refractivity contribution in [3.63, 3.8) is 0 Å². The molecule has 0 saturated heterocycles. The summed E-state index contributed by atoms with van der Waals surface area (Å²) < 4.78 is 11.2. The summed E-state index contributed by atoms with van der Waals surface area (Å²) in [5, 5.41) is 5.94. The molecule has 148 valence electrons. The van der Waals surface area contributed by atoms with E-state index in [0.29, 0.717) is 41.8 Å². The number of hydrogen-bond acceptors (Lipinski definition) is 4. The van der Waals surface area contributed by atoms with Crippen LogP contribution < -0.4 is 20.1 Å². The van der Waals surface area contributed by atoms with E-state index < -0.39 is 6.04 Å². The van der Waals surface area contributed by atoms with Gasteiger partial charge in [-0.2, -0.15) is 0 Å². The third-order valence-corrected chi connectivity index (χ3v) is 4.59. The van der Waals surface area contributed by atoms with Crippen molar-refractivity contribution in [1.29, 1.82) is 0 Å². The first kappa shape index (κ1) is 20.0. The van der Waals surface area contributed by atoms with Gasteiger partial charge in [-0.1, -0.05) is 41.9 Å². The fourth-order valence-corrected chi connectivity index (χ4v) is 3.16. The van der Waals surface area contributed by atoms with E-state index in [-0.39, 0.29) is 18.2 Å². The van der Waals surface area contributed by atoms with Gasteiger partial charge in [0.15, 0.2) is 11.5 Å². The molecule has 2 aromatic carbocycles. The van der Waals surface area contributed by atoms with E-state index in [4.69, 9.17) is 21.1 Å². The lowest BCUT2D eigenvalue weighted by atomic mass is 10.1. The van der Waals surface area contributed by atoms with Crippen LogP contribution in [0, 0.1) is 0 Å². The molecule has 0 aromatic heterocycles. The van der Waals surface area contributed by atoms with E-state index in [0.717, 1.165) is 12.0 Å². The lowest BCUT2D eigenvalue weighted by Gasteiger charge is -2.15. The summed E-state index contributed by atoms with van der Waals surface area (Å²) in [5.74, 6) is 0.542. The van der Waals surface area contributed by atoms with Gasteiger partial charge in [0, 0.05) is 13.0 Å². The van der Waals surface area contributed by atoms with E-state index in [1.54, 1.807) is 19.1 Å². The van der Waals surface area contributed by atoms with Crippen molar-refractivity contribution in [2.75, 3.05) is 13.2 Å². The quantitative estimate of drug-likeness (QED) is 0.779. The molecule has 0 aliphatic carbocycles. The van der Waals surface area contributed by atoms with E-state index >= 15 is 0 Å². The Bertz CT molecular complexity index is 842. The van der Waals surface area contributed by atoms with Crippen LogP contribution in [0.15, 0.2) is 42.5 Å². The number of ether oxygens (including phenoxy) is 2. The molecule has 0 radical (unpaired) electrons. The zero-order valence-corrected chi connectivity index (χ0v) is 16.4. The van der Waals surface area contributed by atoms with Crippen molar-refractivity contribution in [1.82, 2.24) is 10.6 Å². The normalized spacial score (nSPS) is 13.9. The summed E-state index contributed by atoms with van der Waals surface area (Å²) in [7, 11) is 0. The maximum absolute atomic E-state index is 12.3. The molecular weight excluding hydrogens is 380 g/mol. The number of nitrogens with one attached hydrogen (secondary N) is 2. The monoisotopic (exact) mass is 402 g/mol. The minimum Gasteiger partial charge on any atom is -0.489 e. The number of halogens is 1. The second-order valence-corrected chi connectivity index (χ2v) is 7.03. The molecule has 0 saturated carbocycles. The third kappa shape index (κ3) is 5.39. The topological polar surface area (TPSA) is 76.7 Å². The Morgan fingerprint density at radius 3 is 2.64 bits per heavy atom. The summed E-state index contributed by atoms with van der Waals surface area (Å²) in [4.78, 5) is 24.5. The molecule has 28 heavy (non-hydrogen) atoms. The first-order chi connectivity index (χ1) is 13.5. The highest BCUT2D eigenvalue weighted by molar-refractivity contribution is 6.32. The molecule has 1 aliphatic rings. The summed E-state index contributed by atoms with van der Waals surface area (Å²) in [6.07, 6.45) is 0.864. The van der Waals surface area contributed by atoms with E-state index in [2.05, 4.69) is 10.6 Å². The van der Waals surface area contributed by atoms with Gasteiger partial charge < -0.3 is 20.1 Å². The van der Waals surface area contributed by atoms with Crippen LogP contribution in [0.3, 0.4) is 0 Å². The number of carbonyl (C=O) groups is 2. The Balaban J connectivity index is 1.54. The van der Waals surface area contributed by atoms with Crippen LogP contribution in [0.25, 0.3) is 0 Å². The lowest BCUT2D eigenvalue weighted by molar-refractivity contribution is -0.128. The summed E-state index contributed by atoms with van der Waals surface area (Å²) in [6.45, 7) is 3.15. The predicted octanol–water partition coefficient (Wildman–Crippen LogP) is 2.86. The minimum atomic E-state index is -0.646. The molecule has 1 unspecified atom stereocenters. The van der Waals surface area contributed by atoms with E-state index in [1.165, 1.54) is 0 Å². The number of amides is 2. The van der Waals surface area contributed by atoms with Crippen LogP contribution in [-0.4, -0.2) is 31.1 Å². The maximum atomic E-state index is 12.3. The van der Waals surface area contributed by atoms with Gasteiger partial charge in [-0.15, -0.1) is 0 Å². The van der Waals surface area contributed by atoms with Gasteiger partial charge in [0.2, 0.25) is 11.8 Å². The second kappa shape index (κ2) is 9.46. The van der Waals surface area contributed by atoms with Crippen molar-refractivity contribution in [2.45, 2.75) is 32.4 Å². The predicted molar refractivity (Wildman–Crippen MR) is 107 cm³/mol. The molecule has 1 aliphatic heterocycles. The van der Waals surface area contributed by atoms with Crippen molar-refractivity contribution < 1.29 is 19.1 Å². The standard InChI is InChI=1S/C21H23ClN2O4/c1-14(21(26)23-13-15-6-3-2-4-7-15)24-19(25)12-16-10-17(22)20-18(11-16)27-8-5-9-28-20/h2-4,6-7,10-11,14H,5,8-9,12-13H2,1H3,(H,23,26)(H,24,25). The van der Waals surface area contributed by atoms with Crippen molar-refractivity contribution in [3.05, 3.63) is 58.6 Å². The zero-order chi connectivity index (χ0) is 19.9. The van der Waals surface area contributed by atoms with Gasteiger partial charge in [0.05, 0.1) is 24.7 Å². The number of rotatable bonds is 6. The Hall–Kier alpha value is -2.73. The SMILES string of the molecule is CC(NC(=O)Cc1cc(Cl)c2c(c1)OCCCO2)C(=O)NCc1ccccc1. The molecule has 2 N–H and O–H groups in total. The summed E-state index contributed by atoms with van der Waals surface area (Å²) in [6, 6.07) is 12.4. The molecule has 1 atom stereocenters. The third-order valence-electron chi connectivity index (χ3n) is 4.31. The highest BCUT2D eigenvalue weighted by Crippen LogP contribution is 2.38. The molecule has 0 bridgehead atoms. The largest absolute Gasteiger partial charge is 0.489 e. The van der Waals surface area contributed by atoms with Gasteiger partial charge >= 0.3 is 0 Å². The molecule has 1 heterocycles. The minimum absolute atomic E-state index is 0.0899. The summed E-state index contributed by atoms with van der Waals surface area (Å²) in [5.41, 5.74) is 1.69. The fraction of sp³-hybridized carbons (Fsp3) is 0.333. The molecule has 0 spiro atoms. The van der Waals surface area contributed by atoms with Crippen LogP contribution in [0.1, 0.15) is 24.5 Å². The van der Waals surface area contributed by atoms with Crippen molar-refractivity contribution in [2.24, 2.45) is 0 Å². The van der Waals surface area contributed by atoms with Crippen LogP contribution in [0.4, 0.5) is 0 Å². The van der Waals surface area contributed by atoms with Crippen molar-refractivity contribution in [3.8, 4) is 11.5 Å². The fourth-order valence-electron chi connectivity index (χ4n) is 2.87. The van der Waals surface area contributed by atoms with E-state index in [9.17, 15) is 9.59 Å². The molecule has 2 amide bonds. The van der Waals surface area contributed by atoms with E-state index in [1.807, 2.05) is 30.3 Å². The van der Waals surface area contributed by atoms with Crippen LogP contribution in [0.5, 0.6) is 11.5 Å². The number of fused-ring (bicyclic) bond motifs is 1. The first-order valence-electron chi connectivity index (χ1n) is 9.22. The first-order valence-corrected chi connectivity index (χ1v) is 9.60. The lowest BCUT2D eigenvalue weighted by Crippen LogP contribution is -2.45. The number of hydrogen-bond donors (Lipinski definition) is 2. The van der Waals surface area contributed by atoms with Gasteiger partial charge in [0.25, 0.3) is 0 Å². The molecule has 6 nitrogen and oxygen atoms in total. The molecular formula is C21H23ClN2O4. The van der Waals surface area contributed by atoms with Gasteiger partial charge in [0.1, 0.15) is 6.04 Å². The van der Waals surface area contributed by atoms with Gasteiger partial charge in [-0.05, 0) is 30.2 Å². The summed E-state index contributed by atoms with van der Waals surface area (Å²) >= 11 is 6.26. The second-order valence-electron chi connectivity index (χ2n) is 6.62.